The molecule has 0 heterocycles. The Balaban J connectivity index is 0.000000311. The molecule has 226 valence electrons. The molecule has 4 rings (SSSR count). The topological polar surface area (TPSA) is 288 Å². The fourth-order valence-electron chi connectivity index (χ4n) is 4.06. The van der Waals surface area contributed by atoms with Crippen molar-refractivity contribution in [2.45, 2.75) is 0 Å². The second-order valence-corrected chi connectivity index (χ2v) is 8.80. The lowest BCUT2D eigenvalue weighted by Crippen LogP contribution is -2.06. The first kappa shape index (κ1) is 31.7. The van der Waals surface area contributed by atoms with Crippen molar-refractivity contribution in [1.82, 2.24) is 0 Å². The van der Waals surface area contributed by atoms with Crippen LogP contribution < -0.4 is 11.5 Å². The van der Waals surface area contributed by atoms with Crippen molar-refractivity contribution < 1.29 is 50.9 Å². The molecule has 0 bridgehead atoms. The van der Waals surface area contributed by atoms with Crippen LogP contribution in [-0.4, -0.2) is 54.1 Å². The van der Waals surface area contributed by atoms with E-state index in [2.05, 4.69) is 0 Å². The molecule has 16 nitrogen and oxygen atoms in total. The number of benzene rings is 4. The first-order valence-electron chi connectivity index (χ1n) is 11.9. The van der Waals surface area contributed by atoms with E-state index in [0.717, 1.165) is 36.4 Å². The summed E-state index contributed by atoms with van der Waals surface area (Å²) in [6, 6.07) is 14.4. The van der Waals surface area contributed by atoms with Gasteiger partial charge in [-0.25, -0.2) is 19.2 Å². The molecule has 44 heavy (non-hydrogen) atoms. The third-order valence-electron chi connectivity index (χ3n) is 6.02. The Bertz CT molecular complexity index is 1740. The summed E-state index contributed by atoms with van der Waals surface area (Å²) in [6.07, 6.45) is 0. The zero-order valence-corrected chi connectivity index (χ0v) is 22.0. The van der Waals surface area contributed by atoms with Crippen molar-refractivity contribution in [3.8, 4) is 22.3 Å². The molecule has 0 saturated carbocycles. The number of carboxylic acid groups (broad SMARTS) is 4. The number of nitrogens with two attached hydrogens (primary N) is 2. The largest absolute Gasteiger partial charge is 0.478 e. The summed E-state index contributed by atoms with van der Waals surface area (Å²) in [6.45, 7) is 0. The van der Waals surface area contributed by atoms with Gasteiger partial charge in [0.1, 0.15) is 0 Å². The van der Waals surface area contributed by atoms with Gasteiger partial charge >= 0.3 is 23.9 Å². The number of rotatable bonds is 8. The van der Waals surface area contributed by atoms with E-state index in [1.807, 2.05) is 0 Å². The zero-order valence-electron chi connectivity index (χ0n) is 22.0. The van der Waals surface area contributed by atoms with E-state index in [0.29, 0.717) is 11.4 Å². The van der Waals surface area contributed by atoms with Crippen molar-refractivity contribution in [3.63, 3.8) is 0 Å². The van der Waals surface area contributed by atoms with Crippen LogP contribution in [0.5, 0.6) is 0 Å². The monoisotopic (exact) mass is 606 g/mol. The van der Waals surface area contributed by atoms with Gasteiger partial charge in [-0.2, -0.15) is 0 Å². The maximum absolute atomic E-state index is 11.3. The molecule has 0 spiro atoms. The van der Waals surface area contributed by atoms with E-state index in [-0.39, 0.29) is 34.8 Å². The van der Waals surface area contributed by atoms with Crippen LogP contribution in [0.15, 0.2) is 72.8 Å². The van der Waals surface area contributed by atoms with Crippen LogP contribution in [0.3, 0.4) is 0 Å². The number of carboxylic acids is 4. The zero-order chi connectivity index (χ0) is 32.9. The summed E-state index contributed by atoms with van der Waals surface area (Å²) in [5.41, 5.74) is 10.0. The molecule has 0 radical (unpaired) electrons. The van der Waals surface area contributed by atoms with Crippen LogP contribution in [0.25, 0.3) is 22.3 Å². The highest BCUT2D eigenvalue weighted by atomic mass is 16.6. The number of nitrogens with zero attached hydrogens (tertiary/aromatic N) is 2. The molecule has 0 unspecified atom stereocenters. The van der Waals surface area contributed by atoms with Crippen molar-refractivity contribution >= 4 is 46.6 Å². The summed E-state index contributed by atoms with van der Waals surface area (Å²) < 4.78 is 0. The number of aromatic carboxylic acids is 4. The molecule has 0 aromatic heterocycles. The normalized spacial score (nSPS) is 10.2. The average molecular weight is 607 g/mol. The molecule has 0 fully saturated rings. The molecule has 0 saturated heterocycles. The molecular weight excluding hydrogens is 584 g/mol. The number of nitro benzene ring substituents is 2. The maximum Gasteiger partial charge on any atom is 0.336 e. The van der Waals surface area contributed by atoms with Gasteiger partial charge in [0.2, 0.25) is 0 Å². The molecule has 4 aromatic rings. The molecule has 0 amide bonds. The summed E-state index contributed by atoms with van der Waals surface area (Å²) in [5.74, 6) is -5.35. The number of non-ortho nitro benzene ring substituents is 2. The first-order chi connectivity index (χ1) is 20.6. The van der Waals surface area contributed by atoms with Gasteiger partial charge in [-0.1, -0.05) is 12.1 Å². The predicted octanol–water partition coefficient (Wildman–Crippen LogP) is 4.73. The highest BCUT2D eigenvalue weighted by Crippen LogP contribution is 2.33. The van der Waals surface area contributed by atoms with Crippen LogP contribution in [0.2, 0.25) is 0 Å². The highest BCUT2D eigenvalue weighted by Gasteiger charge is 2.23. The van der Waals surface area contributed by atoms with Gasteiger partial charge in [0, 0.05) is 37.1 Å². The van der Waals surface area contributed by atoms with Gasteiger partial charge in [0.15, 0.2) is 0 Å². The predicted molar refractivity (Wildman–Crippen MR) is 156 cm³/mol. The second-order valence-electron chi connectivity index (χ2n) is 8.80. The Morgan fingerprint density at radius 2 is 0.750 bits per heavy atom. The molecule has 4 aromatic carbocycles. The molecule has 0 atom stereocenters. The SMILES string of the molecule is Nc1ccc(-c2ccc(N)cc2C(=O)O)c(C(=O)O)c1.O=C(O)c1cc([N+](=O)[O-])ccc1-c1ccc([N+](=O)[O-])cc1C(=O)O.[HH]. The number of nitro groups is 2. The lowest BCUT2D eigenvalue weighted by Gasteiger charge is -2.11. The second kappa shape index (κ2) is 12.8. The quantitative estimate of drug-likeness (QED) is 0.0898. The van der Waals surface area contributed by atoms with E-state index >= 15 is 0 Å². The third kappa shape index (κ3) is 6.89. The molecule has 16 heteroatoms. The van der Waals surface area contributed by atoms with Gasteiger partial charge in [-0.15, -0.1) is 0 Å². The van der Waals surface area contributed by atoms with E-state index in [4.69, 9.17) is 11.5 Å². The lowest BCUT2D eigenvalue weighted by atomic mass is 9.94. The maximum atomic E-state index is 11.3. The Kier molecular flexibility index (Phi) is 9.20. The van der Waals surface area contributed by atoms with Gasteiger partial charge in [-0.3, -0.25) is 20.2 Å². The van der Waals surface area contributed by atoms with Crippen LogP contribution in [0.1, 0.15) is 42.9 Å². The van der Waals surface area contributed by atoms with Crippen LogP contribution in [0.4, 0.5) is 22.7 Å². The van der Waals surface area contributed by atoms with Gasteiger partial charge in [0.05, 0.1) is 32.1 Å². The minimum absolute atomic E-state index is 0. The van der Waals surface area contributed by atoms with Gasteiger partial charge in [-0.05, 0) is 58.7 Å². The Morgan fingerprint density at radius 1 is 0.500 bits per heavy atom. The van der Waals surface area contributed by atoms with Gasteiger partial charge in [0.25, 0.3) is 11.4 Å². The summed E-state index contributed by atoms with van der Waals surface area (Å²) in [4.78, 5) is 65.2. The van der Waals surface area contributed by atoms with Crippen LogP contribution in [0, 0.1) is 20.2 Å². The Labute approximate surface area is 246 Å². The van der Waals surface area contributed by atoms with Crippen molar-refractivity contribution in [3.05, 3.63) is 115 Å². The minimum atomic E-state index is -1.50. The number of hydrogen-bond donors (Lipinski definition) is 6. The van der Waals surface area contributed by atoms with Crippen molar-refractivity contribution in [1.29, 1.82) is 0 Å². The summed E-state index contributed by atoms with van der Waals surface area (Å²) in [5, 5.41) is 58.4. The number of carbonyl (C=O) groups is 4. The summed E-state index contributed by atoms with van der Waals surface area (Å²) >= 11 is 0. The number of hydrogen-bond acceptors (Lipinski definition) is 10. The number of nitrogen functional groups attached to an aromatic ring is 2. The van der Waals surface area contributed by atoms with Crippen molar-refractivity contribution in [2.24, 2.45) is 0 Å². The number of anilines is 2. The first-order valence-corrected chi connectivity index (χ1v) is 11.9. The molecule has 0 aliphatic heterocycles. The fourth-order valence-corrected chi connectivity index (χ4v) is 4.06. The fraction of sp³-hybridized carbons (Fsp3) is 0. The van der Waals surface area contributed by atoms with Crippen LogP contribution in [-0.2, 0) is 0 Å². The van der Waals surface area contributed by atoms with E-state index < -0.39 is 56.2 Å². The van der Waals surface area contributed by atoms with Crippen molar-refractivity contribution in [2.75, 3.05) is 11.5 Å². The highest BCUT2D eigenvalue weighted by molar-refractivity contribution is 6.04. The average Bonchev–Trinajstić information content (AvgIpc) is 2.96. The van der Waals surface area contributed by atoms with Crippen LogP contribution >= 0.6 is 0 Å². The smallest absolute Gasteiger partial charge is 0.336 e. The Morgan fingerprint density at radius 3 is 1.00 bits per heavy atom. The molecule has 0 aliphatic rings. The van der Waals surface area contributed by atoms with E-state index in [1.54, 1.807) is 0 Å². The molecule has 0 aliphatic carbocycles. The molecule has 8 N–H and O–H groups in total. The van der Waals surface area contributed by atoms with E-state index in [1.165, 1.54) is 36.4 Å². The Hall–Kier alpha value is -6.84. The van der Waals surface area contributed by atoms with E-state index in [9.17, 15) is 59.8 Å². The summed E-state index contributed by atoms with van der Waals surface area (Å²) in [7, 11) is 0. The minimum Gasteiger partial charge on any atom is -0.478 e. The molecular formula is C28H22N4O12. The third-order valence-corrected chi connectivity index (χ3v) is 6.02. The standard InChI is InChI=1S/C14H8N2O8.C14H12N2O4.H2/c17-13(18)11-5-7(15(21)22)1-3-9(11)10-4-2-8(16(23)24)6-12(10)14(19)20;15-7-1-3-9(11(5-7)13(17)18)10-4-2-8(16)6-12(10)14(19)20;/h1-6H,(H,17,18)(H,19,20);1-6H,15-16H2,(H,17,18)(H,19,20);1H. The van der Waals surface area contributed by atoms with Gasteiger partial charge < -0.3 is 31.9 Å². The lowest BCUT2D eigenvalue weighted by molar-refractivity contribution is -0.385.